The Morgan fingerprint density at radius 1 is 1.03 bits per heavy atom. The van der Waals surface area contributed by atoms with Crippen molar-refractivity contribution in [2.24, 2.45) is 0 Å². The summed E-state index contributed by atoms with van der Waals surface area (Å²) in [7, 11) is 3.21. The van der Waals surface area contributed by atoms with Gasteiger partial charge in [0.05, 0.1) is 32.0 Å². The Morgan fingerprint density at radius 3 is 2.58 bits per heavy atom. The maximum atomic E-state index is 12.5. The largest absolute Gasteiger partial charge is 0.493 e. The van der Waals surface area contributed by atoms with Gasteiger partial charge in [0.15, 0.2) is 16.6 Å². The lowest BCUT2D eigenvalue weighted by atomic mass is 10.1. The molecule has 1 saturated heterocycles. The summed E-state index contributed by atoms with van der Waals surface area (Å²) in [5.74, 6) is 1.21. The van der Waals surface area contributed by atoms with Crippen LogP contribution in [0.3, 0.4) is 0 Å². The minimum atomic E-state index is -0.108. The Labute approximate surface area is 190 Å². The Kier molecular flexibility index (Phi) is 7.16. The number of methoxy groups -OCH3 is 2. The summed E-state index contributed by atoms with van der Waals surface area (Å²) >= 11 is 2.97. The zero-order chi connectivity index (χ0) is 21.6. The van der Waals surface area contributed by atoms with E-state index in [4.69, 9.17) is 9.47 Å². The van der Waals surface area contributed by atoms with Crippen molar-refractivity contribution in [1.82, 2.24) is 14.9 Å². The summed E-state index contributed by atoms with van der Waals surface area (Å²) in [5, 5.41) is 8.33. The Bertz CT molecular complexity index is 1030. The van der Waals surface area contributed by atoms with Crippen molar-refractivity contribution in [2.45, 2.75) is 32.2 Å². The highest BCUT2D eigenvalue weighted by Crippen LogP contribution is 2.33. The summed E-state index contributed by atoms with van der Waals surface area (Å²) < 4.78 is 10.6. The quantitative estimate of drug-likeness (QED) is 0.537. The van der Waals surface area contributed by atoms with E-state index >= 15 is 0 Å². The van der Waals surface area contributed by atoms with E-state index in [-0.39, 0.29) is 12.3 Å². The lowest BCUT2D eigenvalue weighted by Crippen LogP contribution is -2.29. The molecule has 1 fully saturated rings. The van der Waals surface area contributed by atoms with Crippen molar-refractivity contribution in [1.29, 1.82) is 0 Å². The smallest absolute Gasteiger partial charge is 0.232 e. The molecule has 0 bridgehead atoms. The number of aromatic nitrogens is 2. The molecule has 3 heterocycles. The fourth-order valence-electron chi connectivity index (χ4n) is 3.60. The van der Waals surface area contributed by atoms with Crippen LogP contribution in [0.5, 0.6) is 11.5 Å². The van der Waals surface area contributed by atoms with Gasteiger partial charge in [-0.05, 0) is 44.1 Å². The van der Waals surface area contributed by atoms with Crippen LogP contribution in [0.2, 0.25) is 0 Å². The maximum Gasteiger partial charge on any atom is 0.232 e. The van der Waals surface area contributed by atoms with Crippen LogP contribution in [-0.4, -0.2) is 48.1 Å². The van der Waals surface area contributed by atoms with Gasteiger partial charge < -0.3 is 14.8 Å². The number of rotatable bonds is 8. The first kappa shape index (κ1) is 21.7. The molecular weight excluding hydrogens is 432 g/mol. The maximum absolute atomic E-state index is 12.5. The molecule has 0 spiro atoms. The molecule has 164 valence electrons. The van der Waals surface area contributed by atoms with Crippen LogP contribution in [-0.2, 0) is 17.8 Å². The van der Waals surface area contributed by atoms with Crippen LogP contribution < -0.4 is 14.8 Å². The highest BCUT2D eigenvalue weighted by atomic mass is 32.1. The number of piperidine rings is 1. The van der Waals surface area contributed by atoms with Gasteiger partial charge >= 0.3 is 0 Å². The second kappa shape index (κ2) is 10.2. The molecule has 1 aliphatic heterocycles. The van der Waals surface area contributed by atoms with Crippen molar-refractivity contribution in [3.63, 3.8) is 0 Å². The second-order valence-corrected chi connectivity index (χ2v) is 9.14. The Hall–Kier alpha value is -2.49. The number of nitrogens with zero attached hydrogens (tertiary/aromatic N) is 3. The number of hydrogen-bond donors (Lipinski definition) is 1. The van der Waals surface area contributed by atoms with Crippen LogP contribution in [0.4, 0.5) is 5.13 Å². The van der Waals surface area contributed by atoms with Gasteiger partial charge in [-0.25, -0.2) is 9.97 Å². The van der Waals surface area contributed by atoms with Crippen LogP contribution in [0.1, 0.15) is 30.7 Å². The van der Waals surface area contributed by atoms with E-state index in [1.165, 1.54) is 41.9 Å². The van der Waals surface area contributed by atoms with Crippen molar-refractivity contribution in [3.05, 3.63) is 40.3 Å². The molecule has 2 aromatic heterocycles. The normalized spacial score (nSPS) is 14.4. The SMILES string of the molecule is COc1ccc(-c2nc(CC(=O)Nc3nc(CN4CCCCC4)cs3)cs2)cc1OC. The zero-order valence-electron chi connectivity index (χ0n) is 17.7. The fraction of sp³-hybridized carbons (Fsp3) is 0.409. The standard InChI is InChI=1S/C22H26N4O3S2/c1-28-18-7-6-15(10-19(18)29-2)21-23-16(13-30-21)11-20(27)25-22-24-17(14-31-22)12-26-8-4-3-5-9-26/h6-7,10,13-14H,3-5,8-9,11-12H2,1-2H3,(H,24,25,27). The van der Waals surface area contributed by atoms with E-state index in [1.807, 2.05) is 29.0 Å². The average Bonchev–Trinajstić information content (AvgIpc) is 3.43. The lowest BCUT2D eigenvalue weighted by Gasteiger charge is -2.25. The van der Waals surface area contributed by atoms with E-state index in [0.717, 1.165) is 41.6 Å². The van der Waals surface area contributed by atoms with E-state index in [9.17, 15) is 4.79 Å². The molecule has 0 saturated carbocycles. The van der Waals surface area contributed by atoms with Gasteiger partial charge in [-0.2, -0.15) is 0 Å². The molecule has 3 aromatic rings. The van der Waals surface area contributed by atoms with Crippen molar-refractivity contribution in [2.75, 3.05) is 32.6 Å². The summed E-state index contributed by atoms with van der Waals surface area (Å²) in [6.45, 7) is 3.12. The predicted molar refractivity (Wildman–Crippen MR) is 124 cm³/mol. The molecular formula is C22H26N4O3S2. The van der Waals surface area contributed by atoms with Crippen LogP contribution in [0.15, 0.2) is 29.0 Å². The number of ether oxygens (including phenoxy) is 2. The van der Waals surface area contributed by atoms with E-state index < -0.39 is 0 Å². The van der Waals surface area contributed by atoms with Gasteiger partial charge in [0.25, 0.3) is 0 Å². The number of likely N-dealkylation sites (tertiary alicyclic amines) is 1. The number of benzene rings is 1. The van der Waals surface area contributed by atoms with Gasteiger partial charge in [-0.1, -0.05) is 6.42 Å². The first-order valence-corrected chi connectivity index (χ1v) is 12.0. The minimum Gasteiger partial charge on any atom is -0.493 e. The first-order valence-electron chi connectivity index (χ1n) is 10.3. The molecule has 1 aromatic carbocycles. The Balaban J connectivity index is 1.34. The summed E-state index contributed by atoms with van der Waals surface area (Å²) in [6.07, 6.45) is 4.05. The first-order chi connectivity index (χ1) is 15.1. The van der Waals surface area contributed by atoms with Gasteiger partial charge in [-0.3, -0.25) is 9.69 Å². The van der Waals surface area contributed by atoms with Crippen molar-refractivity contribution >= 4 is 33.7 Å². The number of thiazole rings is 2. The third-order valence-corrected chi connectivity index (χ3v) is 6.90. The topological polar surface area (TPSA) is 76.6 Å². The highest BCUT2D eigenvalue weighted by molar-refractivity contribution is 7.14. The van der Waals surface area contributed by atoms with Crippen LogP contribution in [0.25, 0.3) is 10.6 Å². The molecule has 9 heteroatoms. The van der Waals surface area contributed by atoms with Gasteiger partial charge in [0.2, 0.25) is 5.91 Å². The summed E-state index contributed by atoms with van der Waals surface area (Å²) in [6, 6.07) is 5.68. The number of carbonyl (C=O) groups excluding carboxylic acids is 1. The predicted octanol–water partition coefficient (Wildman–Crippen LogP) is 4.45. The summed E-state index contributed by atoms with van der Waals surface area (Å²) in [5.41, 5.74) is 2.68. The second-order valence-electron chi connectivity index (χ2n) is 7.42. The third kappa shape index (κ3) is 5.61. The fourth-order valence-corrected chi connectivity index (χ4v) is 5.14. The molecule has 4 rings (SSSR count). The average molecular weight is 459 g/mol. The Morgan fingerprint density at radius 2 is 1.81 bits per heavy atom. The van der Waals surface area contributed by atoms with Gasteiger partial charge in [0.1, 0.15) is 5.01 Å². The molecule has 1 N–H and O–H groups in total. The molecule has 0 unspecified atom stereocenters. The molecule has 0 atom stereocenters. The number of hydrogen-bond acceptors (Lipinski definition) is 8. The number of anilines is 1. The molecule has 1 amide bonds. The minimum absolute atomic E-state index is 0.108. The molecule has 0 radical (unpaired) electrons. The molecule has 1 aliphatic rings. The third-order valence-electron chi connectivity index (χ3n) is 5.16. The number of amides is 1. The van der Waals surface area contributed by atoms with E-state index in [0.29, 0.717) is 16.6 Å². The van der Waals surface area contributed by atoms with Crippen LogP contribution in [0, 0.1) is 0 Å². The highest BCUT2D eigenvalue weighted by Gasteiger charge is 2.15. The number of carbonyl (C=O) groups is 1. The van der Waals surface area contributed by atoms with Gasteiger partial charge in [0, 0.05) is 22.9 Å². The van der Waals surface area contributed by atoms with Gasteiger partial charge in [-0.15, -0.1) is 22.7 Å². The molecule has 0 aliphatic carbocycles. The molecule has 7 nitrogen and oxygen atoms in total. The lowest BCUT2D eigenvalue weighted by molar-refractivity contribution is -0.115. The zero-order valence-corrected chi connectivity index (χ0v) is 19.4. The van der Waals surface area contributed by atoms with Crippen molar-refractivity contribution in [3.8, 4) is 22.1 Å². The van der Waals surface area contributed by atoms with E-state index in [2.05, 4.69) is 20.2 Å². The van der Waals surface area contributed by atoms with Crippen molar-refractivity contribution < 1.29 is 14.3 Å². The molecule has 31 heavy (non-hydrogen) atoms. The summed E-state index contributed by atoms with van der Waals surface area (Å²) in [4.78, 5) is 24.1. The van der Waals surface area contributed by atoms with E-state index in [1.54, 1.807) is 14.2 Å². The monoisotopic (exact) mass is 458 g/mol. The number of nitrogens with one attached hydrogen (secondary N) is 1. The van der Waals surface area contributed by atoms with Crippen LogP contribution >= 0.6 is 22.7 Å².